The van der Waals surface area contributed by atoms with Crippen LogP contribution in [0.1, 0.15) is 23.9 Å². The summed E-state index contributed by atoms with van der Waals surface area (Å²) in [6.07, 6.45) is 1.00. The molecule has 2 aromatic rings. The summed E-state index contributed by atoms with van der Waals surface area (Å²) in [4.78, 5) is 4.33. The number of ether oxygens (including phenoxy) is 1. The Morgan fingerprint density at radius 3 is 2.88 bits per heavy atom. The average molecular weight is 397 g/mol. The van der Waals surface area contributed by atoms with Crippen LogP contribution in [0.25, 0.3) is 10.6 Å². The summed E-state index contributed by atoms with van der Waals surface area (Å²) in [6, 6.07) is 3.88. The molecule has 0 radical (unpaired) electrons. The summed E-state index contributed by atoms with van der Waals surface area (Å²) >= 11 is 1.45. The van der Waals surface area contributed by atoms with Gasteiger partial charge in [0.15, 0.2) is 0 Å². The predicted octanol–water partition coefficient (Wildman–Crippen LogP) is 1.89. The van der Waals surface area contributed by atoms with Gasteiger partial charge < -0.3 is 4.74 Å². The molecule has 7 nitrogen and oxygen atoms in total. The van der Waals surface area contributed by atoms with Crippen LogP contribution in [0.5, 0.6) is 0 Å². The maximum absolute atomic E-state index is 12.9. The number of morpholine rings is 1. The van der Waals surface area contributed by atoms with Crippen molar-refractivity contribution in [2.75, 3.05) is 19.7 Å². The SMILES string of the molecule is Cc1cc(-c2cc(S(=O)(=O)N[C@@H]3C[C@H]4CO[C@@H](C)CN4C3)c(C)s2)n[nH]1. The van der Waals surface area contributed by atoms with Gasteiger partial charge >= 0.3 is 0 Å². The lowest BCUT2D eigenvalue weighted by Gasteiger charge is -2.33. The number of rotatable bonds is 4. The number of fused-ring (bicyclic) bond motifs is 1. The Morgan fingerprint density at radius 2 is 2.15 bits per heavy atom. The molecule has 0 unspecified atom stereocenters. The van der Waals surface area contributed by atoms with Crippen molar-refractivity contribution in [2.24, 2.45) is 0 Å². The summed E-state index contributed by atoms with van der Waals surface area (Å²) in [5.74, 6) is 0. The molecule has 0 saturated carbocycles. The zero-order chi connectivity index (χ0) is 18.5. The molecule has 3 atom stereocenters. The van der Waals surface area contributed by atoms with Crippen molar-refractivity contribution >= 4 is 21.4 Å². The normalized spacial score (nSPS) is 27.0. The molecule has 142 valence electrons. The molecule has 2 aliphatic heterocycles. The third kappa shape index (κ3) is 3.46. The summed E-state index contributed by atoms with van der Waals surface area (Å²) in [7, 11) is -3.56. The lowest BCUT2D eigenvalue weighted by molar-refractivity contribution is -0.0390. The number of nitrogens with one attached hydrogen (secondary N) is 2. The van der Waals surface area contributed by atoms with E-state index in [-0.39, 0.29) is 12.1 Å². The lowest BCUT2D eigenvalue weighted by Crippen LogP contribution is -2.45. The van der Waals surface area contributed by atoms with E-state index in [0.29, 0.717) is 17.5 Å². The van der Waals surface area contributed by atoms with Gasteiger partial charge in [0.2, 0.25) is 10.0 Å². The van der Waals surface area contributed by atoms with E-state index in [9.17, 15) is 8.42 Å². The van der Waals surface area contributed by atoms with Gasteiger partial charge in [-0.3, -0.25) is 10.00 Å². The van der Waals surface area contributed by atoms with E-state index in [4.69, 9.17) is 4.74 Å². The summed E-state index contributed by atoms with van der Waals surface area (Å²) in [5.41, 5.74) is 1.73. The van der Waals surface area contributed by atoms with Crippen molar-refractivity contribution in [3.8, 4) is 10.6 Å². The molecule has 2 aromatic heterocycles. The molecule has 2 fully saturated rings. The first-order valence-corrected chi connectivity index (χ1v) is 11.1. The first-order valence-electron chi connectivity index (χ1n) is 8.82. The van der Waals surface area contributed by atoms with E-state index in [1.807, 2.05) is 19.9 Å². The van der Waals surface area contributed by atoms with Gasteiger partial charge in [-0.1, -0.05) is 0 Å². The van der Waals surface area contributed by atoms with Crippen molar-refractivity contribution < 1.29 is 13.2 Å². The minimum absolute atomic E-state index is 0.0747. The zero-order valence-electron chi connectivity index (χ0n) is 15.2. The van der Waals surface area contributed by atoms with E-state index >= 15 is 0 Å². The molecule has 2 aliphatic rings. The smallest absolute Gasteiger partial charge is 0.241 e. The van der Waals surface area contributed by atoms with Gasteiger partial charge in [0.05, 0.1) is 22.5 Å². The van der Waals surface area contributed by atoms with Gasteiger partial charge in [0.25, 0.3) is 0 Å². The molecule has 0 bridgehead atoms. The van der Waals surface area contributed by atoms with E-state index in [1.165, 1.54) is 11.3 Å². The number of H-pyrrole nitrogens is 1. The Morgan fingerprint density at radius 1 is 1.35 bits per heavy atom. The average Bonchev–Trinajstić information content (AvgIpc) is 3.24. The molecular formula is C17H24N4O3S2. The summed E-state index contributed by atoms with van der Waals surface area (Å²) in [6.45, 7) is 8.11. The van der Waals surface area contributed by atoms with E-state index < -0.39 is 10.0 Å². The Bertz CT molecular complexity index is 905. The fourth-order valence-corrected chi connectivity index (χ4v) is 6.60. The van der Waals surface area contributed by atoms with E-state index in [2.05, 4.69) is 26.7 Å². The van der Waals surface area contributed by atoms with Crippen LogP contribution >= 0.6 is 11.3 Å². The summed E-state index contributed by atoms with van der Waals surface area (Å²) < 4.78 is 34.5. The number of aryl methyl sites for hydroxylation is 2. The predicted molar refractivity (Wildman–Crippen MR) is 101 cm³/mol. The van der Waals surface area contributed by atoms with Crippen molar-refractivity contribution in [1.82, 2.24) is 19.8 Å². The van der Waals surface area contributed by atoms with Crippen molar-refractivity contribution in [3.05, 3.63) is 22.7 Å². The Kier molecular flexibility index (Phi) is 4.68. The monoisotopic (exact) mass is 396 g/mol. The van der Waals surface area contributed by atoms with Gasteiger partial charge in [0, 0.05) is 35.7 Å². The van der Waals surface area contributed by atoms with Crippen LogP contribution < -0.4 is 4.72 Å². The number of thiophene rings is 1. The molecular weight excluding hydrogens is 372 g/mol. The Hall–Kier alpha value is -1.26. The number of sulfonamides is 1. The third-order valence-corrected chi connectivity index (χ3v) is 7.88. The lowest BCUT2D eigenvalue weighted by atomic mass is 10.2. The number of hydrogen-bond acceptors (Lipinski definition) is 6. The highest BCUT2D eigenvalue weighted by molar-refractivity contribution is 7.89. The topological polar surface area (TPSA) is 87.3 Å². The minimum atomic E-state index is -3.56. The van der Waals surface area contributed by atoms with Crippen LogP contribution in [0.3, 0.4) is 0 Å². The van der Waals surface area contributed by atoms with Gasteiger partial charge in [-0.15, -0.1) is 11.3 Å². The molecule has 2 N–H and O–H groups in total. The van der Waals surface area contributed by atoms with Crippen molar-refractivity contribution in [2.45, 2.75) is 50.3 Å². The Balaban J connectivity index is 1.51. The Labute approximate surface area is 157 Å². The van der Waals surface area contributed by atoms with Gasteiger partial charge in [0.1, 0.15) is 5.69 Å². The van der Waals surface area contributed by atoms with Crippen LogP contribution in [-0.2, 0) is 14.8 Å². The molecule has 2 saturated heterocycles. The fourth-order valence-electron chi connectivity index (χ4n) is 3.81. The van der Waals surface area contributed by atoms with Gasteiger partial charge in [-0.2, -0.15) is 5.10 Å². The maximum Gasteiger partial charge on any atom is 0.241 e. The zero-order valence-corrected chi connectivity index (χ0v) is 16.8. The number of aromatic nitrogens is 2. The first kappa shape index (κ1) is 18.1. The molecule has 9 heteroatoms. The fraction of sp³-hybridized carbons (Fsp3) is 0.588. The van der Waals surface area contributed by atoms with E-state index in [1.54, 1.807) is 6.07 Å². The minimum Gasteiger partial charge on any atom is -0.376 e. The van der Waals surface area contributed by atoms with Crippen LogP contribution in [0.2, 0.25) is 0 Å². The van der Waals surface area contributed by atoms with Crippen LogP contribution in [0.4, 0.5) is 0 Å². The third-order valence-electron chi connectivity index (χ3n) is 5.03. The quantitative estimate of drug-likeness (QED) is 0.824. The second kappa shape index (κ2) is 6.72. The molecule has 4 rings (SSSR count). The summed E-state index contributed by atoms with van der Waals surface area (Å²) in [5, 5.41) is 7.13. The molecule has 26 heavy (non-hydrogen) atoms. The number of nitrogens with zero attached hydrogens (tertiary/aromatic N) is 2. The molecule has 0 spiro atoms. The molecule has 0 aromatic carbocycles. The van der Waals surface area contributed by atoms with Crippen LogP contribution in [0, 0.1) is 13.8 Å². The maximum atomic E-state index is 12.9. The first-order chi connectivity index (χ1) is 12.3. The second-order valence-corrected chi connectivity index (χ2v) is 10.2. The second-order valence-electron chi connectivity index (χ2n) is 7.27. The molecule has 4 heterocycles. The number of aromatic amines is 1. The van der Waals surface area contributed by atoms with Crippen LogP contribution in [-0.4, -0.2) is 61.4 Å². The van der Waals surface area contributed by atoms with Gasteiger partial charge in [-0.05, 0) is 39.3 Å². The number of hydrogen-bond donors (Lipinski definition) is 2. The molecule has 0 aliphatic carbocycles. The highest BCUT2D eigenvalue weighted by atomic mass is 32.2. The van der Waals surface area contributed by atoms with Crippen LogP contribution in [0.15, 0.2) is 17.0 Å². The van der Waals surface area contributed by atoms with E-state index in [0.717, 1.165) is 40.7 Å². The van der Waals surface area contributed by atoms with Crippen molar-refractivity contribution in [1.29, 1.82) is 0 Å². The molecule has 0 amide bonds. The highest BCUT2D eigenvalue weighted by Gasteiger charge is 2.38. The van der Waals surface area contributed by atoms with Crippen molar-refractivity contribution in [3.63, 3.8) is 0 Å². The van der Waals surface area contributed by atoms with Gasteiger partial charge in [-0.25, -0.2) is 13.1 Å². The largest absolute Gasteiger partial charge is 0.376 e. The standard InChI is InChI=1S/C17H24N4O3S2/c1-10-4-15(19-18-10)16-6-17(12(3)25-16)26(22,23)20-13-5-14-9-24-11(2)7-21(14)8-13/h4,6,11,13-14,20H,5,7-9H2,1-3H3,(H,18,19)/t11-,13+,14-/m0/s1. The highest BCUT2D eigenvalue weighted by Crippen LogP contribution is 2.33.